The smallest absolute Gasteiger partial charge is 0.336 e. The average molecular weight is 296 g/mol. The van der Waals surface area contributed by atoms with Crippen LogP contribution in [0.15, 0.2) is 11.6 Å². The zero-order chi connectivity index (χ0) is 15.3. The van der Waals surface area contributed by atoms with Gasteiger partial charge in [-0.25, -0.2) is 4.79 Å². The molecule has 122 valence electrons. The van der Waals surface area contributed by atoms with Crippen molar-refractivity contribution in [3.63, 3.8) is 0 Å². The van der Waals surface area contributed by atoms with E-state index in [1.54, 1.807) is 0 Å². The maximum Gasteiger partial charge on any atom is 0.336 e. The Morgan fingerprint density at radius 3 is 2.52 bits per heavy atom. The van der Waals surface area contributed by atoms with Crippen LogP contribution in [0.2, 0.25) is 0 Å². The molecule has 0 unspecified atom stereocenters. The molecule has 0 bridgehead atoms. The topological polar surface area (TPSA) is 35.5 Å². The number of hydrogen-bond acceptors (Lipinski definition) is 3. The molecular formula is C18H32O3. The first-order chi connectivity index (χ1) is 10.3. The van der Waals surface area contributed by atoms with Gasteiger partial charge in [-0.15, -0.1) is 0 Å². The van der Waals surface area contributed by atoms with Gasteiger partial charge in [-0.05, 0) is 32.1 Å². The predicted molar refractivity (Wildman–Crippen MR) is 86.3 cm³/mol. The molecule has 21 heavy (non-hydrogen) atoms. The van der Waals surface area contributed by atoms with Crippen LogP contribution in [0.3, 0.4) is 0 Å². The quantitative estimate of drug-likeness (QED) is 0.334. The van der Waals surface area contributed by atoms with Crippen LogP contribution in [0.1, 0.15) is 71.6 Å². The number of esters is 1. The van der Waals surface area contributed by atoms with E-state index in [0.717, 1.165) is 18.4 Å². The van der Waals surface area contributed by atoms with Crippen molar-refractivity contribution < 1.29 is 14.3 Å². The largest absolute Gasteiger partial charge is 0.462 e. The van der Waals surface area contributed by atoms with Crippen LogP contribution in [0.5, 0.6) is 0 Å². The molecule has 0 aromatic carbocycles. The third-order valence-corrected chi connectivity index (χ3v) is 4.04. The van der Waals surface area contributed by atoms with Gasteiger partial charge in [0.25, 0.3) is 0 Å². The van der Waals surface area contributed by atoms with Gasteiger partial charge in [0.05, 0.1) is 18.8 Å². The minimum atomic E-state index is -0.175. The highest BCUT2D eigenvalue weighted by Crippen LogP contribution is 2.26. The van der Waals surface area contributed by atoms with Crippen molar-refractivity contribution in [3.8, 4) is 0 Å². The molecule has 0 saturated heterocycles. The highest BCUT2D eigenvalue weighted by molar-refractivity contribution is 5.88. The minimum Gasteiger partial charge on any atom is -0.462 e. The van der Waals surface area contributed by atoms with Crippen LogP contribution in [-0.4, -0.2) is 25.8 Å². The van der Waals surface area contributed by atoms with Gasteiger partial charge in [0.15, 0.2) is 0 Å². The third kappa shape index (κ3) is 8.25. The van der Waals surface area contributed by atoms with Crippen LogP contribution in [0, 0.1) is 5.92 Å². The van der Waals surface area contributed by atoms with Crippen molar-refractivity contribution in [1.29, 1.82) is 0 Å². The molecule has 0 N–H and O–H groups in total. The summed E-state index contributed by atoms with van der Waals surface area (Å²) in [5.74, 6) is 0.354. The second kappa shape index (κ2) is 11.8. The second-order valence-corrected chi connectivity index (χ2v) is 5.92. The van der Waals surface area contributed by atoms with Gasteiger partial charge in [0.1, 0.15) is 0 Å². The Morgan fingerprint density at radius 2 is 1.86 bits per heavy atom. The van der Waals surface area contributed by atoms with Gasteiger partial charge in [0, 0.05) is 6.61 Å². The SMILES string of the molecule is CCCCCCOC(=O)C(=CC1CCCCC1)COCC. The Kier molecular flexibility index (Phi) is 10.2. The van der Waals surface area contributed by atoms with Crippen molar-refractivity contribution >= 4 is 5.97 Å². The summed E-state index contributed by atoms with van der Waals surface area (Å²) in [5.41, 5.74) is 0.722. The molecule has 1 aliphatic rings. The molecule has 0 spiro atoms. The fourth-order valence-corrected chi connectivity index (χ4v) is 2.76. The zero-order valence-electron chi connectivity index (χ0n) is 13.9. The fraction of sp³-hybridized carbons (Fsp3) is 0.833. The lowest BCUT2D eigenvalue weighted by molar-refractivity contribution is -0.139. The van der Waals surface area contributed by atoms with E-state index >= 15 is 0 Å². The van der Waals surface area contributed by atoms with E-state index in [-0.39, 0.29) is 5.97 Å². The molecule has 1 aliphatic carbocycles. The second-order valence-electron chi connectivity index (χ2n) is 5.92. The first-order valence-corrected chi connectivity index (χ1v) is 8.73. The van der Waals surface area contributed by atoms with Crippen LogP contribution in [-0.2, 0) is 14.3 Å². The van der Waals surface area contributed by atoms with Gasteiger partial charge in [-0.1, -0.05) is 51.5 Å². The highest BCUT2D eigenvalue weighted by atomic mass is 16.5. The Labute approximate surface area is 130 Å². The molecule has 0 atom stereocenters. The van der Waals surface area contributed by atoms with Crippen LogP contribution < -0.4 is 0 Å². The van der Waals surface area contributed by atoms with Crippen molar-refractivity contribution in [2.24, 2.45) is 5.92 Å². The molecule has 0 heterocycles. The molecule has 0 aromatic heterocycles. The number of rotatable bonds is 10. The highest BCUT2D eigenvalue weighted by Gasteiger charge is 2.17. The van der Waals surface area contributed by atoms with Crippen molar-refractivity contribution in [1.82, 2.24) is 0 Å². The van der Waals surface area contributed by atoms with E-state index in [0.29, 0.717) is 25.7 Å². The molecule has 0 aliphatic heterocycles. The first kappa shape index (κ1) is 18.2. The maximum atomic E-state index is 12.2. The van der Waals surface area contributed by atoms with Gasteiger partial charge < -0.3 is 9.47 Å². The predicted octanol–water partition coefficient (Wildman–Crippen LogP) is 4.65. The van der Waals surface area contributed by atoms with E-state index in [4.69, 9.17) is 9.47 Å². The Bertz CT molecular complexity index is 304. The lowest BCUT2D eigenvalue weighted by atomic mass is 9.88. The monoisotopic (exact) mass is 296 g/mol. The Hall–Kier alpha value is -0.830. The van der Waals surface area contributed by atoms with E-state index < -0.39 is 0 Å². The molecule has 1 rings (SSSR count). The zero-order valence-corrected chi connectivity index (χ0v) is 13.9. The molecule has 0 aromatic rings. The van der Waals surface area contributed by atoms with E-state index in [1.807, 2.05) is 6.92 Å². The average Bonchev–Trinajstić information content (AvgIpc) is 2.52. The van der Waals surface area contributed by atoms with E-state index in [2.05, 4.69) is 13.0 Å². The molecule has 0 radical (unpaired) electrons. The Morgan fingerprint density at radius 1 is 1.10 bits per heavy atom. The number of allylic oxidation sites excluding steroid dienone is 1. The van der Waals surface area contributed by atoms with Crippen LogP contribution in [0.25, 0.3) is 0 Å². The van der Waals surface area contributed by atoms with E-state index in [1.165, 1.54) is 44.9 Å². The molecule has 3 nitrogen and oxygen atoms in total. The molecule has 1 fully saturated rings. The van der Waals surface area contributed by atoms with Gasteiger partial charge in [-0.2, -0.15) is 0 Å². The van der Waals surface area contributed by atoms with Crippen molar-refractivity contribution in [3.05, 3.63) is 11.6 Å². The van der Waals surface area contributed by atoms with Gasteiger partial charge >= 0.3 is 5.97 Å². The third-order valence-electron chi connectivity index (χ3n) is 4.04. The summed E-state index contributed by atoms with van der Waals surface area (Å²) < 4.78 is 10.8. The fourth-order valence-electron chi connectivity index (χ4n) is 2.76. The normalized spacial score (nSPS) is 17.0. The van der Waals surface area contributed by atoms with Gasteiger partial charge in [0.2, 0.25) is 0 Å². The Balaban J connectivity index is 2.42. The van der Waals surface area contributed by atoms with Crippen LogP contribution in [0.4, 0.5) is 0 Å². The standard InChI is InChI=1S/C18H32O3/c1-3-5-6-10-13-21-18(19)17(15-20-4-2)14-16-11-8-7-9-12-16/h14,16H,3-13,15H2,1-2H3. The summed E-state index contributed by atoms with van der Waals surface area (Å²) in [4.78, 5) is 12.2. The van der Waals surface area contributed by atoms with Crippen LogP contribution >= 0.6 is 0 Å². The lowest BCUT2D eigenvalue weighted by Crippen LogP contribution is -2.16. The number of unbranched alkanes of at least 4 members (excludes halogenated alkanes) is 3. The molecule has 1 saturated carbocycles. The molecular weight excluding hydrogens is 264 g/mol. The lowest BCUT2D eigenvalue weighted by Gasteiger charge is -2.19. The van der Waals surface area contributed by atoms with E-state index in [9.17, 15) is 4.79 Å². The molecule has 3 heteroatoms. The molecule has 0 amide bonds. The summed E-state index contributed by atoms with van der Waals surface area (Å²) in [6, 6.07) is 0. The summed E-state index contributed by atoms with van der Waals surface area (Å²) >= 11 is 0. The van der Waals surface area contributed by atoms with Crippen molar-refractivity contribution in [2.45, 2.75) is 71.6 Å². The van der Waals surface area contributed by atoms with Crippen molar-refractivity contribution in [2.75, 3.05) is 19.8 Å². The maximum absolute atomic E-state index is 12.2. The number of ether oxygens (including phenoxy) is 2. The van der Waals surface area contributed by atoms with Gasteiger partial charge in [-0.3, -0.25) is 0 Å². The number of carbonyl (C=O) groups is 1. The summed E-state index contributed by atoms with van der Waals surface area (Å²) in [6.07, 6.45) is 12.9. The number of carbonyl (C=O) groups excluding carboxylic acids is 1. The summed E-state index contributed by atoms with van der Waals surface area (Å²) in [7, 11) is 0. The summed E-state index contributed by atoms with van der Waals surface area (Å²) in [5, 5.41) is 0. The minimum absolute atomic E-state index is 0.175. The first-order valence-electron chi connectivity index (χ1n) is 8.73. The summed E-state index contributed by atoms with van der Waals surface area (Å²) in [6.45, 7) is 5.69. The number of hydrogen-bond donors (Lipinski definition) is 0.